The Labute approximate surface area is 136 Å². The highest BCUT2D eigenvalue weighted by molar-refractivity contribution is 6.07. The Kier molecular flexibility index (Phi) is 4.16. The van der Waals surface area contributed by atoms with E-state index in [0.717, 1.165) is 12.3 Å². The van der Waals surface area contributed by atoms with E-state index >= 15 is 0 Å². The quantitative estimate of drug-likeness (QED) is 0.924. The second-order valence-corrected chi connectivity index (χ2v) is 5.21. The summed E-state index contributed by atoms with van der Waals surface area (Å²) in [6, 6.07) is 5.29. The van der Waals surface area contributed by atoms with Crippen molar-refractivity contribution in [2.45, 2.75) is 18.9 Å². The highest BCUT2D eigenvalue weighted by Gasteiger charge is 2.38. The van der Waals surface area contributed by atoms with Crippen molar-refractivity contribution in [3.05, 3.63) is 48.2 Å². The number of hydrogen-bond acceptors (Lipinski definition) is 5. The third-order valence-corrected chi connectivity index (χ3v) is 3.61. The summed E-state index contributed by atoms with van der Waals surface area (Å²) in [6.07, 6.45) is 4.25. The molecule has 0 bridgehead atoms. The number of aromatic nitrogens is 2. The lowest BCUT2D eigenvalue weighted by atomic mass is 10.2. The SMILES string of the molecule is N#Cc1ccnc(N2C(=O)CC[C@H]2C(=O)Nc2cncc(F)c2)c1. The highest BCUT2D eigenvalue weighted by Crippen LogP contribution is 2.26. The number of carbonyl (C=O) groups is 2. The molecule has 0 spiro atoms. The van der Waals surface area contributed by atoms with Gasteiger partial charge in [0.1, 0.15) is 17.7 Å². The van der Waals surface area contributed by atoms with Crippen LogP contribution in [0.2, 0.25) is 0 Å². The minimum absolute atomic E-state index is 0.192. The van der Waals surface area contributed by atoms with Crippen LogP contribution in [0.1, 0.15) is 18.4 Å². The first-order valence-corrected chi connectivity index (χ1v) is 7.18. The summed E-state index contributed by atoms with van der Waals surface area (Å²) in [5.41, 5.74) is 0.547. The largest absolute Gasteiger partial charge is 0.323 e. The lowest BCUT2D eigenvalue weighted by Gasteiger charge is -2.23. The molecule has 3 heterocycles. The lowest BCUT2D eigenvalue weighted by Crippen LogP contribution is -2.42. The van der Waals surface area contributed by atoms with Crippen molar-refractivity contribution in [3.63, 3.8) is 0 Å². The smallest absolute Gasteiger partial charge is 0.247 e. The van der Waals surface area contributed by atoms with E-state index in [9.17, 15) is 14.0 Å². The molecule has 1 N–H and O–H groups in total. The molecule has 0 saturated carbocycles. The van der Waals surface area contributed by atoms with Crippen LogP contribution >= 0.6 is 0 Å². The van der Waals surface area contributed by atoms with Gasteiger partial charge in [-0.3, -0.25) is 19.5 Å². The molecule has 0 radical (unpaired) electrons. The lowest BCUT2D eigenvalue weighted by molar-refractivity contribution is -0.120. The molecule has 0 unspecified atom stereocenters. The molecule has 1 saturated heterocycles. The number of nitriles is 1. The van der Waals surface area contributed by atoms with Gasteiger partial charge in [-0.25, -0.2) is 9.37 Å². The zero-order chi connectivity index (χ0) is 17.1. The fourth-order valence-corrected chi connectivity index (χ4v) is 2.54. The Morgan fingerprint density at radius 1 is 1.42 bits per heavy atom. The van der Waals surface area contributed by atoms with Gasteiger partial charge in [0.2, 0.25) is 11.8 Å². The van der Waals surface area contributed by atoms with Gasteiger partial charge in [-0.15, -0.1) is 0 Å². The normalized spacial score (nSPS) is 16.8. The maximum absolute atomic E-state index is 13.2. The molecule has 2 amide bonds. The predicted octanol–water partition coefficient (Wildman–Crippen LogP) is 1.62. The van der Waals surface area contributed by atoms with Crippen LogP contribution in [0.3, 0.4) is 0 Å². The number of nitrogens with one attached hydrogen (secondary N) is 1. The minimum atomic E-state index is -0.776. The van der Waals surface area contributed by atoms with Gasteiger partial charge < -0.3 is 5.32 Å². The van der Waals surface area contributed by atoms with Crippen LogP contribution in [0.5, 0.6) is 0 Å². The van der Waals surface area contributed by atoms with Gasteiger partial charge in [0.15, 0.2) is 0 Å². The van der Waals surface area contributed by atoms with Crippen molar-refractivity contribution in [1.82, 2.24) is 9.97 Å². The monoisotopic (exact) mass is 325 g/mol. The molecular weight excluding hydrogens is 313 g/mol. The second kappa shape index (κ2) is 6.42. The summed E-state index contributed by atoms with van der Waals surface area (Å²) in [6.45, 7) is 0. The van der Waals surface area contributed by atoms with Crippen LogP contribution in [0, 0.1) is 17.1 Å². The first kappa shape index (κ1) is 15.6. The van der Waals surface area contributed by atoms with E-state index in [1.54, 1.807) is 0 Å². The standard InChI is InChI=1S/C16H12FN5O2/c17-11-6-12(9-19-8-11)21-16(24)13-1-2-15(23)22(13)14-5-10(7-18)3-4-20-14/h3-6,8-9,13H,1-2H2,(H,21,24)/t13-/m0/s1. The number of pyridine rings is 2. The van der Waals surface area contributed by atoms with Crippen LogP contribution in [0.15, 0.2) is 36.8 Å². The summed E-state index contributed by atoms with van der Waals surface area (Å²) >= 11 is 0. The van der Waals surface area contributed by atoms with Gasteiger partial charge >= 0.3 is 0 Å². The van der Waals surface area contributed by atoms with Gasteiger partial charge in [0.05, 0.1) is 29.7 Å². The summed E-state index contributed by atoms with van der Waals surface area (Å²) in [7, 11) is 0. The first-order valence-electron chi connectivity index (χ1n) is 7.18. The van der Waals surface area contributed by atoms with E-state index in [1.807, 2.05) is 6.07 Å². The van der Waals surface area contributed by atoms with E-state index in [4.69, 9.17) is 5.26 Å². The topological polar surface area (TPSA) is 99.0 Å². The zero-order valence-electron chi connectivity index (χ0n) is 12.4. The number of halogens is 1. The number of amides is 2. The minimum Gasteiger partial charge on any atom is -0.323 e. The molecule has 120 valence electrons. The Bertz CT molecular complexity index is 848. The van der Waals surface area contributed by atoms with Crippen molar-refractivity contribution in [2.75, 3.05) is 10.2 Å². The average molecular weight is 325 g/mol. The summed E-state index contributed by atoms with van der Waals surface area (Å²) in [5.74, 6) is -1.04. The fraction of sp³-hybridized carbons (Fsp3) is 0.188. The number of carbonyl (C=O) groups excluding carboxylic acids is 2. The molecular formula is C16H12FN5O2. The van der Waals surface area contributed by atoms with Crippen molar-refractivity contribution in [2.24, 2.45) is 0 Å². The first-order chi connectivity index (χ1) is 11.6. The van der Waals surface area contributed by atoms with E-state index in [1.165, 1.54) is 29.4 Å². The number of anilines is 2. The molecule has 1 fully saturated rings. The Balaban J connectivity index is 1.84. The fourth-order valence-electron chi connectivity index (χ4n) is 2.54. The average Bonchev–Trinajstić information content (AvgIpc) is 2.96. The molecule has 0 aliphatic carbocycles. The molecule has 24 heavy (non-hydrogen) atoms. The van der Waals surface area contributed by atoms with Gasteiger partial charge in [0, 0.05) is 18.7 Å². The predicted molar refractivity (Wildman–Crippen MR) is 82.3 cm³/mol. The highest BCUT2D eigenvalue weighted by atomic mass is 19.1. The van der Waals surface area contributed by atoms with Crippen molar-refractivity contribution < 1.29 is 14.0 Å². The maximum Gasteiger partial charge on any atom is 0.247 e. The summed E-state index contributed by atoms with van der Waals surface area (Å²) in [5, 5.41) is 11.5. The second-order valence-electron chi connectivity index (χ2n) is 5.21. The van der Waals surface area contributed by atoms with Crippen molar-refractivity contribution in [3.8, 4) is 6.07 Å². The van der Waals surface area contributed by atoms with Crippen LogP contribution in [0.25, 0.3) is 0 Å². The summed E-state index contributed by atoms with van der Waals surface area (Å²) in [4.78, 5) is 33.6. The molecule has 7 nitrogen and oxygen atoms in total. The molecule has 1 aliphatic heterocycles. The number of nitrogens with zero attached hydrogens (tertiary/aromatic N) is 4. The van der Waals surface area contributed by atoms with Crippen LogP contribution in [-0.2, 0) is 9.59 Å². The third-order valence-electron chi connectivity index (χ3n) is 3.61. The van der Waals surface area contributed by atoms with Gasteiger partial charge in [0.25, 0.3) is 0 Å². The zero-order valence-corrected chi connectivity index (χ0v) is 12.4. The van der Waals surface area contributed by atoms with E-state index < -0.39 is 17.8 Å². The molecule has 3 rings (SSSR count). The number of hydrogen-bond donors (Lipinski definition) is 1. The number of rotatable bonds is 3. The van der Waals surface area contributed by atoms with Crippen LogP contribution < -0.4 is 10.2 Å². The van der Waals surface area contributed by atoms with E-state index in [2.05, 4.69) is 15.3 Å². The third kappa shape index (κ3) is 3.05. The Morgan fingerprint density at radius 3 is 3.00 bits per heavy atom. The van der Waals surface area contributed by atoms with Crippen LogP contribution in [-0.4, -0.2) is 27.8 Å². The van der Waals surface area contributed by atoms with Gasteiger partial charge in [-0.05, 0) is 18.6 Å². The molecule has 2 aromatic heterocycles. The van der Waals surface area contributed by atoms with E-state index in [-0.39, 0.29) is 23.8 Å². The molecule has 1 atom stereocenters. The van der Waals surface area contributed by atoms with E-state index in [0.29, 0.717) is 12.0 Å². The molecule has 2 aromatic rings. The summed E-state index contributed by atoms with van der Waals surface area (Å²) < 4.78 is 13.2. The molecule has 0 aromatic carbocycles. The molecule has 8 heteroatoms. The van der Waals surface area contributed by atoms with Crippen molar-refractivity contribution >= 4 is 23.3 Å². The van der Waals surface area contributed by atoms with Gasteiger partial charge in [-0.2, -0.15) is 5.26 Å². The Morgan fingerprint density at radius 2 is 2.25 bits per heavy atom. The molecule has 1 aliphatic rings. The van der Waals surface area contributed by atoms with Crippen LogP contribution in [0.4, 0.5) is 15.9 Å². The van der Waals surface area contributed by atoms with Gasteiger partial charge in [-0.1, -0.05) is 0 Å². The Hall–Kier alpha value is -3.34. The maximum atomic E-state index is 13.2. The van der Waals surface area contributed by atoms with Crippen molar-refractivity contribution in [1.29, 1.82) is 5.26 Å².